The quantitative estimate of drug-likeness (QED) is 0.872. The minimum Gasteiger partial charge on any atom is -0.460 e. The zero-order valence-electron chi connectivity index (χ0n) is 14.7. The summed E-state index contributed by atoms with van der Waals surface area (Å²) in [6.07, 6.45) is 2.63. The summed E-state index contributed by atoms with van der Waals surface area (Å²) in [5.41, 5.74) is 1.87. The first-order valence-corrected chi connectivity index (χ1v) is 8.04. The first-order chi connectivity index (χ1) is 10.1. The Bertz CT molecular complexity index is 523. The maximum absolute atomic E-state index is 12.2. The highest BCUT2D eigenvalue weighted by Gasteiger charge is 2.32. The molecule has 0 radical (unpaired) electrons. The molecule has 0 saturated carbocycles. The van der Waals surface area contributed by atoms with Gasteiger partial charge in [0.2, 0.25) is 0 Å². The molecule has 2 heterocycles. The molecule has 1 atom stereocenters. The summed E-state index contributed by atoms with van der Waals surface area (Å²) in [5.74, 6) is -0.0871. The van der Waals surface area contributed by atoms with E-state index >= 15 is 0 Å². The highest BCUT2D eigenvalue weighted by atomic mass is 16.6. The number of likely N-dealkylation sites (tertiary alicyclic amines) is 1. The molecular formula is C17H29N3O2. The van der Waals surface area contributed by atoms with Crippen molar-refractivity contribution in [2.75, 3.05) is 13.1 Å². The number of hydrogen-bond acceptors (Lipinski definition) is 4. The van der Waals surface area contributed by atoms with Crippen molar-refractivity contribution in [2.24, 2.45) is 5.92 Å². The van der Waals surface area contributed by atoms with Crippen molar-refractivity contribution in [1.29, 1.82) is 0 Å². The Labute approximate surface area is 133 Å². The molecule has 1 fully saturated rings. The number of H-pyrrole nitrogens is 1. The molecule has 0 aromatic carbocycles. The number of rotatable bonds is 3. The number of esters is 1. The minimum atomic E-state index is -0.409. The number of nitrogens with zero attached hydrogens (tertiary/aromatic N) is 2. The highest BCUT2D eigenvalue weighted by Crippen LogP contribution is 2.26. The number of hydrogen-bond donors (Lipinski definition) is 1. The van der Waals surface area contributed by atoms with E-state index in [0.717, 1.165) is 37.4 Å². The molecule has 5 nitrogen and oxygen atoms in total. The molecule has 124 valence electrons. The normalized spacial score (nSPS) is 20.4. The summed E-state index contributed by atoms with van der Waals surface area (Å²) in [5, 5.41) is 0. The van der Waals surface area contributed by atoms with Crippen LogP contribution in [0.5, 0.6) is 0 Å². The Kier molecular flexibility index (Phi) is 4.66. The second-order valence-corrected chi connectivity index (χ2v) is 8.23. The van der Waals surface area contributed by atoms with Gasteiger partial charge >= 0.3 is 5.97 Å². The third-order valence-corrected chi connectivity index (χ3v) is 3.82. The molecule has 0 aliphatic carbocycles. The largest absolute Gasteiger partial charge is 0.460 e. The number of carbonyl (C=O) groups excluding carboxylic acids is 1. The van der Waals surface area contributed by atoms with Crippen LogP contribution in [0, 0.1) is 5.92 Å². The van der Waals surface area contributed by atoms with Crippen molar-refractivity contribution in [3.05, 3.63) is 17.7 Å². The predicted molar refractivity (Wildman–Crippen MR) is 86.5 cm³/mol. The third-order valence-electron chi connectivity index (χ3n) is 3.82. The van der Waals surface area contributed by atoms with Crippen LogP contribution in [-0.4, -0.2) is 39.5 Å². The molecule has 1 aliphatic heterocycles. The van der Waals surface area contributed by atoms with Crippen LogP contribution in [0.2, 0.25) is 0 Å². The number of aromatic amines is 1. The Balaban J connectivity index is 1.95. The van der Waals surface area contributed by atoms with Gasteiger partial charge in [0.15, 0.2) is 0 Å². The smallest absolute Gasteiger partial charge is 0.310 e. The van der Waals surface area contributed by atoms with Crippen LogP contribution in [0.4, 0.5) is 0 Å². The molecule has 2 rings (SSSR count). The van der Waals surface area contributed by atoms with Gasteiger partial charge in [0.25, 0.3) is 0 Å². The van der Waals surface area contributed by atoms with Gasteiger partial charge in [-0.1, -0.05) is 20.8 Å². The Morgan fingerprint density at radius 3 is 2.64 bits per heavy atom. The van der Waals surface area contributed by atoms with Gasteiger partial charge < -0.3 is 9.72 Å². The van der Waals surface area contributed by atoms with Crippen LogP contribution in [0.3, 0.4) is 0 Å². The van der Waals surface area contributed by atoms with Gasteiger partial charge in [0.05, 0.1) is 23.6 Å². The van der Waals surface area contributed by atoms with E-state index in [1.54, 1.807) is 6.33 Å². The highest BCUT2D eigenvalue weighted by molar-refractivity contribution is 5.73. The zero-order valence-corrected chi connectivity index (χ0v) is 14.7. The predicted octanol–water partition coefficient (Wildman–Crippen LogP) is 2.87. The molecule has 1 aromatic rings. The van der Waals surface area contributed by atoms with E-state index in [9.17, 15) is 4.79 Å². The maximum Gasteiger partial charge on any atom is 0.310 e. The first-order valence-electron chi connectivity index (χ1n) is 8.04. The molecule has 0 amide bonds. The molecular weight excluding hydrogens is 278 g/mol. The van der Waals surface area contributed by atoms with Crippen LogP contribution >= 0.6 is 0 Å². The second kappa shape index (κ2) is 6.03. The fraction of sp³-hybridized carbons (Fsp3) is 0.765. The molecule has 0 bridgehead atoms. The fourth-order valence-corrected chi connectivity index (χ4v) is 2.87. The monoisotopic (exact) mass is 307 g/mol. The van der Waals surface area contributed by atoms with Crippen molar-refractivity contribution in [2.45, 2.75) is 65.5 Å². The van der Waals surface area contributed by atoms with Crippen molar-refractivity contribution < 1.29 is 9.53 Å². The van der Waals surface area contributed by atoms with Crippen molar-refractivity contribution in [1.82, 2.24) is 14.9 Å². The number of imidazole rings is 1. The fourth-order valence-electron chi connectivity index (χ4n) is 2.87. The van der Waals surface area contributed by atoms with Crippen LogP contribution in [0.15, 0.2) is 6.33 Å². The number of ether oxygens (including phenoxy) is 1. The van der Waals surface area contributed by atoms with Gasteiger partial charge in [-0.05, 0) is 33.7 Å². The van der Waals surface area contributed by atoms with Crippen LogP contribution in [-0.2, 0) is 21.5 Å². The Hall–Kier alpha value is -1.36. The second-order valence-electron chi connectivity index (χ2n) is 8.23. The van der Waals surface area contributed by atoms with Gasteiger partial charge in [-0.15, -0.1) is 0 Å². The van der Waals surface area contributed by atoms with Crippen molar-refractivity contribution in [3.8, 4) is 0 Å². The van der Waals surface area contributed by atoms with Gasteiger partial charge in [-0.25, -0.2) is 4.98 Å². The summed E-state index contributed by atoms with van der Waals surface area (Å²) in [7, 11) is 0. The van der Waals surface area contributed by atoms with Crippen molar-refractivity contribution in [3.63, 3.8) is 0 Å². The maximum atomic E-state index is 12.2. The van der Waals surface area contributed by atoms with Gasteiger partial charge in [0, 0.05) is 18.5 Å². The van der Waals surface area contributed by atoms with E-state index in [1.807, 2.05) is 20.8 Å². The van der Waals surface area contributed by atoms with Crippen LogP contribution < -0.4 is 0 Å². The number of aromatic nitrogens is 2. The van der Waals surface area contributed by atoms with E-state index in [4.69, 9.17) is 4.74 Å². The molecule has 5 heteroatoms. The van der Waals surface area contributed by atoms with Gasteiger partial charge in [0.1, 0.15) is 5.60 Å². The molecule has 1 aliphatic rings. The summed E-state index contributed by atoms with van der Waals surface area (Å²) < 4.78 is 5.50. The minimum absolute atomic E-state index is 0.0137. The lowest BCUT2D eigenvalue weighted by Gasteiger charge is -2.23. The van der Waals surface area contributed by atoms with Crippen LogP contribution in [0.1, 0.15) is 59.4 Å². The van der Waals surface area contributed by atoms with Crippen LogP contribution in [0.25, 0.3) is 0 Å². The lowest BCUT2D eigenvalue weighted by Crippen LogP contribution is -2.30. The average Bonchev–Trinajstić information content (AvgIpc) is 2.95. The van der Waals surface area contributed by atoms with Gasteiger partial charge in [-0.2, -0.15) is 0 Å². The standard InChI is InChI=1S/C17H29N3O2/c1-16(2,3)14-13(18-11-19-14)10-20-8-7-12(9-20)15(21)22-17(4,5)6/h11-12H,7-10H2,1-6H3,(H,18,19). The van der Waals surface area contributed by atoms with E-state index in [-0.39, 0.29) is 17.3 Å². The van der Waals surface area contributed by atoms with E-state index in [0.29, 0.717) is 0 Å². The summed E-state index contributed by atoms with van der Waals surface area (Å²) in [6, 6.07) is 0. The molecule has 1 aromatic heterocycles. The lowest BCUT2D eigenvalue weighted by molar-refractivity contribution is -0.159. The SMILES string of the molecule is CC(C)(C)OC(=O)C1CCN(Cc2[nH]cnc2C(C)(C)C)C1. The van der Waals surface area contributed by atoms with E-state index in [2.05, 4.69) is 35.6 Å². The molecule has 22 heavy (non-hydrogen) atoms. The topological polar surface area (TPSA) is 58.2 Å². The summed E-state index contributed by atoms with van der Waals surface area (Å²) >= 11 is 0. The average molecular weight is 307 g/mol. The summed E-state index contributed by atoms with van der Waals surface area (Å²) in [4.78, 5) is 22.2. The summed E-state index contributed by atoms with van der Waals surface area (Å²) in [6.45, 7) is 14.7. The first kappa shape index (κ1) is 17.0. The number of nitrogens with one attached hydrogen (secondary N) is 1. The van der Waals surface area contributed by atoms with Gasteiger partial charge in [-0.3, -0.25) is 9.69 Å². The lowest BCUT2D eigenvalue weighted by atomic mass is 9.90. The molecule has 1 saturated heterocycles. The van der Waals surface area contributed by atoms with E-state index < -0.39 is 5.60 Å². The zero-order chi connectivity index (χ0) is 16.5. The molecule has 0 spiro atoms. The third kappa shape index (κ3) is 4.32. The number of carbonyl (C=O) groups is 1. The molecule has 1 N–H and O–H groups in total. The Morgan fingerprint density at radius 2 is 2.05 bits per heavy atom. The van der Waals surface area contributed by atoms with E-state index in [1.165, 1.54) is 0 Å². The Morgan fingerprint density at radius 1 is 1.36 bits per heavy atom. The van der Waals surface area contributed by atoms with Crippen molar-refractivity contribution >= 4 is 5.97 Å². The molecule has 1 unspecified atom stereocenters.